The normalized spacial score (nSPS) is 32.9. The number of phenolic OH excluding ortho intramolecular Hbond substituents is 1. The molecule has 2 aliphatic carbocycles. The van der Waals surface area contributed by atoms with Gasteiger partial charge in [0.15, 0.2) is 23.5 Å². The SMILES string of the molecule is C=C(O)C[C@H](C(=O)O)C(=O)OC1=CC[C@@]2(O)[C@H]3Cc4ccc(O)c5c4[C@@]2(CCN3C)[C@H]1O5. The van der Waals surface area contributed by atoms with Gasteiger partial charge in [0.05, 0.1) is 16.8 Å². The highest BCUT2D eigenvalue weighted by molar-refractivity contribution is 5.94. The minimum Gasteiger partial charge on any atom is -0.513 e. The summed E-state index contributed by atoms with van der Waals surface area (Å²) in [5, 5.41) is 41.3. The first kappa shape index (κ1) is 20.8. The number of esters is 1. The molecule has 0 saturated carbocycles. The predicted octanol–water partition coefficient (Wildman–Crippen LogP) is 1.38. The zero-order chi connectivity index (χ0) is 23.0. The predicted molar refractivity (Wildman–Crippen MR) is 110 cm³/mol. The van der Waals surface area contributed by atoms with E-state index >= 15 is 0 Å². The molecular weight excluding hydrogens is 418 g/mol. The number of aliphatic carboxylic acids is 1. The number of piperidine rings is 1. The summed E-state index contributed by atoms with van der Waals surface area (Å²) in [6.07, 6.45) is 1.50. The van der Waals surface area contributed by atoms with Crippen LogP contribution in [0.4, 0.5) is 0 Å². The van der Waals surface area contributed by atoms with E-state index in [0.717, 1.165) is 11.1 Å². The van der Waals surface area contributed by atoms with Crippen molar-refractivity contribution in [3.8, 4) is 11.5 Å². The fourth-order valence-electron chi connectivity index (χ4n) is 6.13. The number of hydrogen-bond acceptors (Lipinski definition) is 8. The van der Waals surface area contributed by atoms with Gasteiger partial charge in [-0.2, -0.15) is 0 Å². The Morgan fingerprint density at radius 3 is 2.81 bits per heavy atom. The average molecular weight is 443 g/mol. The van der Waals surface area contributed by atoms with Gasteiger partial charge in [-0.15, -0.1) is 0 Å². The van der Waals surface area contributed by atoms with Crippen LogP contribution in [0.3, 0.4) is 0 Å². The Bertz CT molecular complexity index is 1080. The van der Waals surface area contributed by atoms with E-state index in [9.17, 15) is 30.0 Å². The van der Waals surface area contributed by atoms with Crippen LogP contribution in [0.15, 0.2) is 36.3 Å². The number of phenols is 1. The fourth-order valence-corrected chi connectivity index (χ4v) is 6.13. The lowest BCUT2D eigenvalue weighted by molar-refractivity contribution is -0.172. The van der Waals surface area contributed by atoms with Crippen LogP contribution >= 0.6 is 0 Å². The summed E-state index contributed by atoms with van der Waals surface area (Å²) in [5.74, 6) is -4.23. The second kappa shape index (κ2) is 6.73. The molecule has 5 rings (SSSR count). The zero-order valence-electron chi connectivity index (χ0n) is 17.6. The van der Waals surface area contributed by atoms with Gasteiger partial charge >= 0.3 is 11.9 Å². The van der Waals surface area contributed by atoms with Crippen molar-refractivity contribution in [2.45, 2.75) is 48.8 Å². The molecule has 1 aromatic rings. The maximum atomic E-state index is 12.7. The van der Waals surface area contributed by atoms with Gasteiger partial charge in [0.1, 0.15) is 5.76 Å². The monoisotopic (exact) mass is 443 g/mol. The number of carboxylic acids is 1. The third-order valence-corrected chi connectivity index (χ3v) is 7.59. The highest BCUT2D eigenvalue weighted by Gasteiger charge is 2.72. The van der Waals surface area contributed by atoms with Crippen LogP contribution in [0.25, 0.3) is 0 Å². The third-order valence-electron chi connectivity index (χ3n) is 7.59. The molecule has 0 aromatic heterocycles. The standard InChI is InChI=1S/C23H25NO8/c1-11(25)9-13(20(27)28)21(29)31-15-5-6-23(30)16-10-12-3-4-14(26)18-17(12)22(23,19(15)32-18)7-8-24(16)2/h3-5,13,16,19,25-26,30H,1,6-10H2,2H3,(H,27,28)/t13-,16-,19+,22+,23-/m1/s1. The number of carbonyl (C=O) groups is 2. The minimum atomic E-state index is -1.63. The third kappa shape index (κ3) is 2.52. The zero-order valence-corrected chi connectivity index (χ0v) is 17.6. The molecule has 0 amide bonds. The molecule has 2 bridgehead atoms. The van der Waals surface area contributed by atoms with Crippen molar-refractivity contribution in [2.24, 2.45) is 5.92 Å². The van der Waals surface area contributed by atoms with Crippen molar-refractivity contribution in [2.75, 3.05) is 13.6 Å². The van der Waals surface area contributed by atoms with E-state index in [1.807, 2.05) is 13.1 Å². The number of rotatable bonds is 5. The van der Waals surface area contributed by atoms with Gasteiger partial charge in [-0.25, -0.2) is 0 Å². The molecule has 1 fully saturated rings. The second-order valence-corrected chi connectivity index (χ2v) is 9.18. The smallest absolute Gasteiger partial charge is 0.325 e. The van der Waals surface area contributed by atoms with Crippen molar-refractivity contribution >= 4 is 11.9 Å². The number of likely N-dealkylation sites (N-methyl/N-ethyl adjacent to an activating group) is 1. The van der Waals surface area contributed by atoms with Crippen LogP contribution in [0.5, 0.6) is 11.5 Å². The molecule has 5 atom stereocenters. The number of carboxylic acid groups (broad SMARTS) is 1. The molecule has 2 heterocycles. The molecule has 4 N–H and O–H groups in total. The van der Waals surface area contributed by atoms with Crippen molar-refractivity contribution in [1.82, 2.24) is 4.90 Å². The molecule has 0 radical (unpaired) electrons. The van der Waals surface area contributed by atoms with Gasteiger partial charge in [-0.05, 0) is 44.1 Å². The quantitative estimate of drug-likeness (QED) is 0.302. The van der Waals surface area contributed by atoms with Crippen LogP contribution < -0.4 is 4.74 Å². The van der Waals surface area contributed by atoms with Crippen LogP contribution in [0.2, 0.25) is 0 Å². The largest absolute Gasteiger partial charge is 0.513 e. The van der Waals surface area contributed by atoms with Gasteiger partial charge < -0.3 is 34.8 Å². The number of nitrogens with zero attached hydrogens (tertiary/aromatic N) is 1. The van der Waals surface area contributed by atoms with Crippen molar-refractivity contribution in [3.05, 3.63) is 47.4 Å². The summed E-state index contributed by atoms with van der Waals surface area (Å²) in [6.45, 7) is 3.93. The lowest BCUT2D eigenvalue weighted by atomic mass is 9.50. The van der Waals surface area contributed by atoms with E-state index in [0.29, 0.717) is 19.4 Å². The average Bonchev–Trinajstić information content (AvgIpc) is 3.08. The molecule has 2 aliphatic heterocycles. The molecule has 4 aliphatic rings. The first-order valence-corrected chi connectivity index (χ1v) is 10.6. The lowest BCUT2D eigenvalue weighted by Gasteiger charge is -2.61. The van der Waals surface area contributed by atoms with Crippen LogP contribution in [-0.2, 0) is 26.2 Å². The Balaban J connectivity index is 1.59. The Hall–Kier alpha value is -3.04. The Morgan fingerprint density at radius 2 is 2.12 bits per heavy atom. The van der Waals surface area contributed by atoms with Crippen molar-refractivity contribution in [3.63, 3.8) is 0 Å². The molecule has 1 spiro atoms. The number of aromatic hydroxyl groups is 1. The molecule has 1 saturated heterocycles. The first-order chi connectivity index (χ1) is 15.1. The van der Waals surface area contributed by atoms with Crippen molar-refractivity contribution in [1.29, 1.82) is 0 Å². The van der Waals surface area contributed by atoms with Crippen LogP contribution in [0.1, 0.15) is 30.4 Å². The number of allylic oxidation sites excluding steroid dienone is 1. The minimum absolute atomic E-state index is 0.0575. The Labute approximate surface area is 184 Å². The van der Waals surface area contributed by atoms with Gasteiger partial charge in [0.2, 0.25) is 0 Å². The summed E-state index contributed by atoms with van der Waals surface area (Å²) in [6, 6.07) is 3.21. The van der Waals surface area contributed by atoms with E-state index in [1.165, 1.54) is 0 Å². The number of aliphatic hydroxyl groups is 2. The lowest BCUT2D eigenvalue weighted by Crippen LogP contribution is -2.74. The summed E-state index contributed by atoms with van der Waals surface area (Å²) in [5.41, 5.74) is -0.433. The van der Waals surface area contributed by atoms with Crippen molar-refractivity contribution < 1.29 is 39.5 Å². The highest BCUT2D eigenvalue weighted by Crippen LogP contribution is 2.65. The topological polar surface area (TPSA) is 137 Å². The van der Waals surface area contributed by atoms with Gasteiger partial charge in [0, 0.05) is 24.4 Å². The summed E-state index contributed by atoms with van der Waals surface area (Å²) < 4.78 is 11.7. The molecule has 32 heavy (non-hydrogen) atoms. The Morgan fingerprint density at radius 1 is 1.38 bits per heavy atom. The van der Waals surface area contributed by atoms with E-state index in [4.69, 9.17) is 9.47 Å². The number of aliphatic hydroxyl groups excluding tert-OH is 1. The molecule has 1 aromatic carbocycles. The number of likely N-dealkylation sites (tertiary alicyclic amines) is 1. The molecular formula is C23H25NO8. The van der Waals surface area contributed by atoms with E-state index in [-0.39, 0.29) is 29.7 Å². The highest BCUT2D eigenvalue weighted by atomic mass is 16.6. The van der Waals surface area contributed by atoms with E-state index < -0.39 is 47.2 Å². The number of benzene rings is 1. The summed E-state index contributed by atoms with van der Waals surface area (Å²) >= 11 is 0. The molecule has 9 nitrogen and oxygen atoms in total. The van der Waals surface area contributed by atoms with Gasteiger partial charge in [0.25, 0.3) is 0 Å². The maximum Gasteiger partial charge on any atom is 0.325 e. The maximum absolute atomic E-state index is 12.7. The number of carbonyl (C=O) groups excluding carboxylic acids is 1. The Kier molecular flexibility index (Phi) is 4.38. The van der Waals surface area contributed by atoms with E-state index in [1.54, 1.807) is 12.1 Å². The summed E-state index contributed by atoms with van der Waals surface area (Å²) in [4.78, 5) is 26.4. The van der Waals surface area contributed by atoms with Gasteiger partial charge in [-0.3, -0.25) is 9.59 Å². The molecule has 9 heteroatoms. The fraction of sp³-hybridized carbons (Fsp3) is 0.478. The molecule has 170 valence electrons. The van der Waals surface area contributed by atoms with Gasteiger partial charge in [-0.1, -0.05) is 12.6 Å². The number of ether oxygens (including phenoxy) is 2. The number of hydrogen-bond donors (Lipinski definition) is 4. The first-order valence-electron chi connectivity index (χ1n) is 10.6. The second-order valence-electron chi connectivity index (χ2n) is 9.18. The van der Waals surface area contributed by atoms with E-state index in [2.05, 4.69) is 11.5 Å². The molecule has 0 unspecified atom stereocenters. The van der Waals surface area contributed by atoms with Crippen LogP contribution in [-0.4, -0.2) is 68.6 Å². The van der Waals surface area contributed by atoms with Crippen LogP contribution in [0, 0.1) is 5.92 Å². The summed E-state index contributed by atoms with van der Waals surface area (Å²) in [7, 11) is 1.96.